The second-order valence-corrected chi connectivity index (χ2v) is 19.5. The van der Waals surface area contributed by atoms with Crippen LogP contribution in [-0.2, 0) is 32.7 Å². The highest BCUT2D eigenvalue weighted by molar-refractivity contribution is 7.47. The lowest BCUT2D eigenvalue weighted by Crippen LogP contribution is -2.29. The number of carbonyl (C=O) groups is 2. The first kappa shape index (κ1) is 67.4. The topological polar surface area (TPSA) is 134 Å². The average Bonchev–Trinajstić information content (AvgIpc) is 3.36. The Morgan fingerprint density at radius 1 is 0.437 bits per heavy atom. The number of ether oxygens (including phenoxy) is 2. The summed E-state index contributed by atoms with van der Waals surface area (Å²) in [5, 5.41) is 0. The summed E-state index contributed by atoms with van der Waals surface area (Å²) in [5.74, 6) is -0.863. The molecule has 0 aliphatic rings. The van der Waals surface area contributed by atoms with E-state index in [1.165, 1.54) is 51.4 Å². The minimum atomic E-state index is -4.40. The quantitative estimate of drug-likeness (QED) is 0.0264. The Morgan fingerprint density at radius 3 is 1.15 bits per heavy atom. The van der Waals surface area contributed by atoms with Gasteiger partial charge in [0.2, 0.25) is 0 Å². The second-order valence-electron chi connectivity index (χ2n) is 18.1. The number of allylic oxidation sites excluding steroid dienone is 20. The fraction of sp³-hybridized carbons (Fsp3) is 0.639. The molecular weight excluding hydrogens is 906 g/mol. The summed E-state index contributed by atoms with van der Waals surface area (Å²) in [6.07, 6.45) is 76.6. The third kappa shape index (κ3) is 55.6. The Bertz CT molecular complexity index is 1570. The van der Waals surface area contributed by atoms with E-state index in [0.717, 1.165) is 128 Å². The molecule has 0 saturated heterocycles. The highest BCUT2D eigenvalue weighted by Gasteiger charge is 2.26. The molecule has 0 aromatic carbocycles. The normalized spacial score (nSPS) is 14.0. The van der Waals surface area contributed by atoms with E-state index in [-0.39, 0.29) is 32.6 Å². The molecule has 0 heterocycles. The lowest BCUT2D eigenvalue weighted by atomic mass is 10.1. The van der Waals surface area contributed by atoms with Gasteiger partial charge in [0.25, 0.3) is 0 Å². The molecule has 0 bridgehead atoms. The summed E-state index contributed by atoms with van der Waals surface area (Å²) in [7, 11) is -4.40. The van der Waals surface area contributed by atoms with E-state index in [1.54, 1.807) is 0 Å². The lowest BCUT2D eigenvalue weighted by molar-refractivity contribution is -0.161. The maximum atomic E-state index is 12.7. The van der Waals surface area contributed by atoms with Crippen LogP contribution in [0, 0.1) is 0 Å². The fourth-order valence-electron chi connectivity index (χ4n) is 7.21. The predicted molar refractivity (Wildman–Crippen MR) is 302 cm³/mol. The molecule has 0 rings (SSSR count). The number of hydrogen-bond donors (Lipinski definition) is 2. The minimum Gasteiger partial charge on any atom is -0.462 e. The minimum absolute atomic E-state index is 0.0426. The van der Waals surface area contributed by atoms with Crippen LogP contribution in [0.4, 0.5) is 0 Å². The van der Waals surface area contributed by atoms with Crippen LogP contribution >= 0.6 is 7.82 Å². The molecular formula is C61H102NO8P. The van der Waals surface area contributed by atoms with Crippen molar-refractivity contribution in [3.05, 3.63) is 122 Å². The van der Waals surface area contributed by atoms with Crippen LogP contribution in [0.15, 0.2) is 122 Å². The van der Waals surface area contributed by atoms with Crippen molar-refractivity contribution in [2.24, 2.45) is 5.73 Å². The number of esters is 2. The van der Waals surface area contributed by atoms with E-state index in [0.29, 0.717) is 12.8 Å². The van der Waals surface area contributed by atoms with Gasteiger partial charge in [0.1, 0.15) is 6.61 Å². The highest BCUT2D eigenvalue weighted by atomic mass is 31.2. The Hall–Kier alpha value is -3.59. The van der Waals surface area contributed by atoms with Gasteiger partial charge in [-0.1, -0.05) is 219 Å². The van der Waals surface area contributed by atoms with Crippen molar-refractivity contribution in [3.8, 4) is 0 Å². The largest absolute Gasteiger partial charge is 0.472 e. The molecule has 0 aliphatic heterocycles. The highest BCUT2D eigenvalue weighted by Crippen LogP contribution is 2.43. The lowest BCUT2D eigenvalue weighted by Gasteiger charge is -2.19. The van der Waals surface area contributed by atoms with Crippen molar-refractivity contribution in [2.45, 2.75) is 225 Å². The zero-order chi connectivity index (χ0) is 51.7. The second kappa shape index (κ2) is 55.7. The number of hydrogen-bond acceptors (Lipinski definition) is 8. The van der Waals surface area contributed by atoms with Crippen molar-refractivity contribution < 1.29 is 37.6 Å². The van der Waals surface area contributed by atoms with Gasteiger partial charge in [0, 0.05) is 19.4 Å². The number of carbonyl (C=O) groups excluding carboxylic acids is 2. The zero-order valence-corrected chi connectivity index (χ0v) is 45.8. The van der Waals surface area contributed by atoms with Crippen LogP contribution in [0.1, 0.15) is 219 Å². The van der Waals surface area contributed by atoms with Crippen LogP contribution < -0.4 is 5.73 Å². The molecule has 0 spiro atoms. The van der Waals surface area contributed by atoms with Crippen LogP contribution in [-0.4, -0.2) is 49.3 Å². The third-order valence-corrected chi connectivity index (χ3v) is 12.3. The van der Waals surface area contributed by atoms with Crippen molar-refractivity contribution >= 4 is 19.8 Å². The third-order valence-electron chi connectivity index (χ3n) is 11.3. The van der Waals surface area contributed by atoms with Gasteiger partial charge in [-0.2, -0.15) is 0 Å². The molecule has 0 fully saturated rings. The molecule has 3 N–H and O–H groups in total. The smallest absolute Gasteiger partial charge is 0.462 e. The maximum absolute atomic E-state index is 12.7. The summed E-state index contributed by atoms with van der Waals surface area (Å²) in [6.45, 7) is 3.58. The molecule has 404 valence electrons. The summed E-state index contributed by atoms with van der Waals surface area (Å²) in [6, 6.07) is 0. The number of unbranched alkanes of at least 4 members (excludes halogenated alkanes) is 18. The van der Waals surface area contributed by atoms with E-state index >= 15 is 0 Å². The molecule has 10 heteroatoms. The van der Waals surface area contributed by atoms with E-state index in [4.69, 9.17) is 24.3 Å². The van der Waals surface area contributed by atoms with E-state index in [2.05, 4.69) is 135 Å². The molecule has 9 nitrogen and oxygen atoms in total. The fourth-order valence-corrected chi connectivity index (χ4v) is 7.98. The summed E-state index contributed by atoms with van der Waals surface area (Å²) in [4.78, 5) is 35.2. The van der Waals surface area contributed by atoms with Gasteiger partial charge in [0.15, 0.2) is 6.10 Å². The Balaban J connectivity index is 4.10. The first-order valence-corrected chi connectivity index (χ1v) is 29.5. The SMILES string of the molecule is CC/C=C\C/C=C\C/C=C\C/C=C\C/C=C\C/C=C\C/C=C\CCCCCCCCCC(=O)OC(COC(=O)CCCCCCCC/C=C\C/C=C\C/C=C\CCCCCCC)COP(=O)(O)OCCN. The van der Waals surface area contributed by atoms with Crippen LogP contribution in [0.25, 0.3) is 0 Å². The number of phosphoric ester groups is 1. The molecule has 0 aromatic rings. The van der Waals surface area contributed by atoms with Crippen molar-refractivity contribution in [1.82, 2.24) is 0 Å². The van der Waals surface area contributed by atoms with E-state index in [1.807, 2.05) is 0 Å². The standard InChI is InChI=1S/C61H102NO8P/c1-3-5-7-9-11-13-15-17-19-21-23-25-26-27-28-29-30-31-32-34-36-38-40-42-44-46-48-50-52-54-61(64)70-59(58-69-71(65,66)68-56-55-62)57-67-60(63)53-51-49-47-45-43-41-39-37-35-33-24-22-20-18-16-14-12-10-8-6-4-2/h5,7,11,13,16-19,22-25,27-28,30-31,34-37,59H,3-4,6,8-10,12,14-15,20-21,26,29,32-33,38-58,62H2,1-2H3,(H,65,66)/b7-5-,13-11-,18-16-,19-17-,24-22-,25-23-,28-27-,31-30-,36-34-,37-35-. The van der Waals surface area contributed by atoms with Gasteiger partial charge >= 0.3 is 19.8 Å². The summed E-state index contributed by atoms with van der Waals surface area (Å²) < 4.78 is 33.0. The van der Waals surface area contributed by atoms with Crippen LogP contribution in [0.5, 0.6) is 0 Å². The molecule has 0 radical (unpaired) electrons. The van der Waals surface area contributed by atoms with Crippen LogP contribution in [0.2, 0.25) is 0 Å². The van der Waals surface area contributed by atoms with E-state index < -0.39 is 32.5 Å². The Labute approximate surface area is 434 Å². The first-order valence-electron chi connectivity index (χ1n) is 28.0. The van der Waals surface area contributed by atoms with Gasteiger partial charge in [-0.3, -0.25) is 18.6 Å². The number of nitrogens with two attached hydrogens (primary N) is 1. The summed E-state index contributed by atoms with van der Waals surface area (Å²) in [5.41, 5.74) is 5.38. The Morgan fingerprint density at radius 2 is 0.775 bits per heavy atom. The number of phosphoric acid groups is 1. The number of rotatable bonds is 51. The van der Waals surface area contributed by atoms with Crippen molar-refractivity contribution in [2.75, 3.05) is 26.4 Å². The summed E-state index contributed by atoms with van der Waals surface area (Å²) >= 11 is 0. The van der Waals surface area contributed by atoms with Crippen molar-refractivity contribution in [3.63, 3.8) is 0 Å². The first-order chi connectivity index (χ1) is 34.8. The molecule has 2 unspecified atom stereocenters. The van der Waals surface area contributed by atoms with Gasteiger partial charge in [-0.25, -0.2) is 4.57 Å². The average molecular weight is 1010 g/mol. The molecule has 0 aromatic heterocycles. The monoisotopic (exact) mass is 1010 g/mol. The van der Waals surface area contributed by atoms with Gasteiger partial charge < -0.3 is 20.1 Å². The van der Waals surface area contributed by atoms with Gasteiger partial charge in [-0.15, -0.1) is 0 Å². The molecule has 0 amide bonds. The molecule has 71 heavy (non-hydrogen) atoms. The van der Waals surface area contributed by atoms with Crippen LogP contribution in [0.3, 0.4) is 0 Å². The zero-order valence-electron chi connectivity index (χ0n) is 44.9. The molecule has 2 atom stereocenters. The van der Waals surface area contributed by atoms with Gasteiger partial charge in [-0.05, 0) is 109 Å². The van der Waals surface area contributed by atoms with Crippen molar-refractivity contribution in [1.29, 1.82) is 0 Å². The maximum Gasteiger partial charge on any atom is 0.472 e. The molecule has 0 aliphatic carbocycles. The Kier molecular flexibility index (Phi) is 52.9. The molecule has 0 saturated carbocycles. The predicted octanol–water partition coefficient (Wildman–Crippen LogP) is 17.6. The van der Waals surface area contributed by atoms with E-state index in [9.17, 15) is 19.0 Å². The van der Waals surface area contributed by atoms with Gasteiger partial charge in [0.05, 0.1) is 13.2 Å².